The van der Waals surface area contributed by atoms with E-state index in [1.807, 2.05) is 11.8 Å². The Hall–Kier alpha value is -0.650. The van der Waals surface area contributed by atoms with Gasteiger partial charge in [-0.15, -0.1) is 0 Å². The molecule has 1 aliphatic heterocycles. The fourth-order valence-electron chi connectivity index (χ4n) is 3.80. The monoisotopic (exact) mass is 326 g/mol. The third-order valence-electron chi connectivity index (χ3n) is 5.73. The summed E-state index contributed by atoms with van der Waals surface area (Å²) in [7, 11) is 0. The summed E-state index contributed by atoms with van der Waals surface area (Å²) < 4.78 is 11.6. The molecular formula is C18H34N2O3. The first-order valence-corrected chi connectivity index (χ1v) is 9.18. The van der Waals surface area contributed by atoms with Crippen molar-refractivity contribution in [2.75, 3.05) is 26.3 Å². The van der Waals surface area contributed by atoms with Gasteiger partial charge in [-0.2, -0.15) is 0 Å². The molecular weight excluding hydrogens is 292 g/mol. The Morgan fingerprint density at radius 1 is 1.22 bits per heavy atom. The lowest BCUT2D eigenvalue weighted by Crippen LogP contribution is -2.76. The molecule has 3 atom stereocenters. The molecule has 2 fully saturated rings. The quantitative estimate of drug-likeness (QED) is 0.813. The number of nitrogens with zero attached hydrogens (tertiary/aromatic N) is 1. The van der Waals surface area contributed by atoms with Gasteiger partial charge in [-0.3, -0.25) is 4.79 Å². The maximum Gasteiger partial charge on any atom is 0.243 e. The topological polar surface area (TPSA) is 64.8 Å². The SMILES string of the molecule is CCCOC1CCCN(C(=O)C2(N)CC(OCC)C2(C)C)CC1. The highest BCUT2D eigenvalue weighted by Crippen LogP contribution is 2.50. The van der Waals surface area contributed by atoms with Crippen LogP contribution in [0.4, 0.5) is 0 Å². The molecule has 0 aromatic carbocycles. The highest BCUT2D eigenvalue weighted by molar-refractivity contribution is 5.89. The predicted octanol–water partition coefficient (Wildman–Crippen LogP) is 2.33. The molecule has 2 rings (SSSR count). The number of rotatable bonds is 6. The first kappa shape index (κ1) is 18.7. The third kappa shape index (κ3) is 3.57. The average molecular weight is 326 g/mol. The summed E-state index contributed by atoms with van der Waals surface area (Å²) in [6, 6.07) is 0. The standard InChI is InChI=1S/C18H34N2O3/c1-5-12-23-14-8-7-10-20(11-9-14)16(21)18(19)13-15(22-6-2)17(18,3)4/h14-15H,5-13,19H2,1-4H3. The molecule has 0 aromatic heterocycles. The molecule has 1 amide bonds. The van der Waals surface area contributed by atoms with Crippen LogP contribution >= 0.6 is 0 Å². The van der Waals surface area contributed by atoms with E-state index >= 15 is 0 Å². The Labute approximate surface area is 140 Å². The van der Waals surface area contributed by atoms with Gasteiger partial charge in [-0.1, -0.05) is 20.8 Å². The van der Waals surface area contributed by atoms with E-state index in [0.29, 0.717) is 13.0 Å². The molecule has 0 bridgehead atoms. The maximum atomic E-state index is 13.0. The fraction of sp³-hybridized carbons (Fsp3) is 0.944. The molecule has 5 nitrogen and oxygen atoms in total. The van der Waals surface area contributed by atoms with Gasteiger partial charge in [0.05, 0.1) is 12.2 Å². The molecule has 3 unspecified atom stereocenters. The molecule has 0 spiro atoms. The molecule has 0 radical (unpaired) electrons. The number of ether oxygens (including phenoxy) is 2. The normalized spacial score (nSPS) is 33.9. The molecule has 1 saturated carbocycles. The summed E-state index contributed by atoms with van der Waals surface area (Å²) in [5, 5.41) is 0. The minimum atomic E-state index is -0.795. The Morgan fingerprint density at radius 2 is 1.96 bits per heavy atom. The molecule has 2 N–H and O–H groups in total. The summed E-state index contributed by atoms with van der Waals surface area (Å²) in [5.74, 6) is 0.0922. The lowest BCUT2D eigenvalue weighted by molar-refractivity contribution is -0.179. The summed E-state index contributed by atoms with van der Waals surface area (Å²) in [6.45, 7) is 11.2. The van der Waals surface area contributed by atoms with Crippen molar-refractivity contribution in [1.29, 1.82) is 0 Å². The van der Waals surface area contributed by atoms with Crippen molar-refractivity contribution in [2.24, 2.45) is 11.1 Å². The molecule has 0 aromatic rings. The molecule has 5 heteroatoms. The van der Waals surface area contributed by atoms with Gasteiger partial charge in [0.25, 0.3) is 0 Å². The second kappa shape index (κ2) is 7.49. The van der Waals surface area contributed by atoms with Crippen LogP contribution in [-0.2, 0) is 14.3 Å². The summed E-state index contributed by atoms with van der Waals surface area (Å²) in [6.07, 6.45) is 4.97. The van der Waals surface area contributed by atoms with Crippen molar-refractivity contribution in [2.45, 2.75) is 77.5 Å². The van der Waals surface area contributed by atoms with Gasteiger partial charge in [0.1, 0.15) is 5.54 Å². The molecule has 23 heavy (non-hydrogen) atoms. The van der Waals surface area contributed by atoms with Crippen molar-refractivity contribution < 1.29 is 14.3 Å². The van der Waals surface area contributed by atoms with Crippen LogP contribution in [0.3, 0.4) is 0 Å². The molecule has 1 saturated heterocycles. The van der Waals surface area contributed by atoms with Gasteiger partial charge >= 0.3 is 0 Å². The molecule has 1 heterocycles. The van der Waals surface area contributed by atoms with E-state index in [2.05, 4.69) is 20.8 Å². The zero-order valence-corrected chi connectivity index (χ0v) is 15.3. The van der Waals surface area contributed by atoms with Crippen molar-refractivity contribution in [3.63, 3.8) is 0 Å². The minimum Gasteiger partial charge on any atom is -0.378 e. The number of hydrogen-bond acceptors (Lipinski definition) is 4. The van der Waals surface area contributed by atoms with Crippen LogP contribution in [-0.4, -0.2) is 54.9 Å². The number of carbonyl (C=O) groups excluding carboxylic acids is 1. The van der Waals surface area contributed by atoms with E-state index in [4.69, 9.17) is 15.2 Å². The van der Waals surface area contributed by atoms with Gasteiger partial charge in [0.2, 0.25) is 5.91 Å². The minimum absolute atomic E-state index is 0.0778. The molecule has 134 valence electrons. The lowest BCUT2D eigenvalue weighted by atomic mass is 9.54. The van der Waals surface area contributed by atoms with Crippen LogP contribution in [0.1, 0.15) is 59.8 Å². The van der Waals surface area contributed by atoms with Crippen molar-refractivity contribution >= 4 is 5.91 Å². The zero-order chi connectivity index (χ0) is 17.1. The van der Waals surface area contributed by atoms with Crippen LogP contribution in [0.15, 0.2) is 0 Å². The summed E-state index contributed by atoms with van der Waals surface area (Å²) in [5.41, 5.74) is 5.43. The highest BCUT2D eigenvalue weighted by Gasteiger charge is 2.63. The van der Waals surface area contributed by atoms with Gasteiger partial charge in [0.15, 0.2) is 0 Å². The van der Waals surface area contributed by atoms with E-state index in [0.717, 1.165) is 45.4 Å². The first-order chi connectivity index (χ1) is 10.9. The Balaban J connectivity index is 1.95. The first-order valence-electron chi connectivity index (χ1n) is 9.18. The predicted molar refractivity (Wildman–Crippen MR) is 91.2 cm³/mol. The smallest absolute Gasteiger partial charge is 0.243 e. The van der Waals surface area contributed by atoms with Gasteiger partial charge in [-0.25, -0.2) is 0 Å². The zero-order valence-electron chi connectivity index (χ0n) is 15.3. The molecule has 2 aliphatic rings. The van der Waals surface area contributed by atoms with E-state index in [1.54, 1.807) is 0 Å². The summed E-state index contributed by atoms with van der Waals surface area (Å²) in [4.78, 5) is 15.0. The number of carbonyl (C=O) groups is 1. The molecule has 1 aliphatic carbocycles. The van der Waals surface area contributed by atoms with E-state index < -0.39 is 5.54 Å². The summed E-state index contributed by atoms with van der Waals surface area (Å²) >= 11 is 0. The van der Waals surface area contributed by atoms with Crippen LogP contribution in [0.2, 0.25) is 0 Å². The highest BCUT2D eigenvalue weighted by atomic mass is 16.5. The van der Waals surface area contributed by atoms with E-state index in [1.165, 1.54) is 0 Å². The fourth-order valence-corrected chi connectivity index (χ4v) is 3.80. The van der Waals surface area contributed by atoms with Gasteiger partial charge in [-0.05, 0) is 32.6 Å². The van der Waals surface area contributed by atoms with Gasteiger partial charge < -0.3 is 20.1 Å². The average Bonchev–Trinajstić information content (AvgIpc) is 2.77. The van der Waals surface area contributed by atoms with Crippen molar-refractivity contribution in [3.05, 3.63) is 0 Å². The van der Waals surface area contributed by atoms with Crippen molar-refractivity contribution in [1.82, 2.24) is 4.90 Å². The second-order valence-electron chi connectivity index (χ2n) is 7.56. The maximum absolute atomic E-state index is 13.0. The number of nitrogens with two attached hydrogens (primary N) is 1. The van der Waals surface area contributed by atoms with E-state index in [9.17, 15) is 4.79 Å². The Bertz CT molecular complexity index is 413. The van der Waals surface area contributed by atoms with Crippen LogP contribution < -0.4 is 5.73 Å². The van der Waals surface area contributed by atoms with Gasteiger partial charge in [0, 0.05) is 38.1 Å². The van der Waals surface area contributed by atoms with Crippen LogP contribution in [0, 0.1) is 5.41 Å². The Morgan fingerprint density at radius 3 is 2.57 bits per heavy atom. The van der Waals surface area contributed by atoms with Crippen molar-refractivity contribution in [3.8, 4) is 0 Å². The number of hydrogen-bond donors (Lipinski definition) is 1. The number of amides is 1. The second-order valence-corrected chi connectivity index (χ2v) is 7.56. The largest absolute Gasteiger partial charge is 0.378 e. The van der Waals surface area contributed by atoms with Crippen LogP contribution in [0.25, 0.3) is 0 Å². The number of likely N-dealkylation sites (tertiary alicyclic amines) is 1. The lowest BCUT2D eigenvalue weighted by Gasteiger charge is -2.58. The van der Waals surface area contributed by atoms with E-state index in [-0.39, 0.29) is 23.5 Å². The van der Waals surface area contributed by atoms with Crippen LogP contribution in [0.5, 0.6) is 0 Å². The third-order valence-corrected chi connectivity index (χ3v) is 5.73. The Kier molecular flexibility index (Phi) is 6.09.